The van der Waals surface area contributed by atoms with Gasteiger partial charge in [0.15, 0.2) is 0 Å². The van der Waals surface area contributed by atoms with Gasteiger partial charge in [-0.2, -0.15) is 0 Å². The molecule has 1 N–H and O–H groups in total. The lowest BCUT2D eigenvalue weighted by atomic mass is 9.89. The molecule has 0 spiro atoms. The molecule has 0 aliphatic carbocycles. The Bertz CT molecular complexity index is 595. The molecule has 1 aliphatic rings. The summed E-state index contributed by atoms with van der Waals surface area (Å²) in [6.07, 6.45) is 1.22. The molecule has 1 unspecified atom stereocenters. The van der Waals surface area contributed by atoms with Gasteiger partial charge in [-0.1, -0.05) is 74.9 Å². The van der Waals surface area contributed by atoms with Crippen molar-refractivity contribution in [3.8, 4) is 11.1 Å². The van der Waals surface area contributed by atoms with Crippen molar-refractivity contribution < 1.29 is 0 Å². The van der Waals surface area contributed by atoms with Gasteiger partial charge in [0.25, 0.3) is 0 Å². The lowest BCUT2D eigenvalue weighted by Gasteiger charge is -2.38. The number of halogens is 2. The van der Waals surface area contributed by atoms with E-state index in [1.54, 1.807) is 0 Å². The van der Waals surface area contributed by atoms with Gasteiger partial charge < -0.3 is 5.32 Å². The minimum absolute atomic E-state index is 0. The molecular formula is C21H30Cl2N2. The van der Waals surface area contributed by atoms with Gasteiger partial charge in [0.2, 0.25) is 0 Å². The highest BCUT2D eigenvalue weighted by Crippen LogP contribution is 2.32. The number of hydrogen-bond donors (Lipinski definition) is 1. The topological polar surface area (TPSA) is 15.3 Å². The highest BCUT2D eigenvalue weighted by Gasteiger charge is 2.26. The van der Waals surface area contributed by atoms with Crippen molar-refractivity contribution >= 4 is 24.8 Å². The largest absolute Gasteiger partial charge is 0.314 e. The van der Waals surface area contributed by atoms with E-state index in [0.29, 0.717) is 12.0 Å². The molecule has 25 heavy (non-hydrogen) atoms. The van der Waals surface area contributed by atoms with Crippen LogP contribution in [0.5, 0.6) is 0 Å². The van der Waals surface area contributed by atoms with Gasteiger partial charge in [-0.05, 0) is 22.6 Å². The molecular weight excluding hydrogens is 351 g/mol. The first-order valence-electron chi connectivity index (χ1n) is 8.89. The fourth-order valence-electron chi connectivity index (χ4n) is 3.59. The van der Waals surface area contributed by atoms with Crippen molar-refractivity contribution in [1.82, 2.24) is 10.2 Å². The Morgan fingerprint density at radius 2 is 1.44 bits per heavy atom. The molecule has 1 aliphatic heterocycles. The first-order valence-corrected chi connectivity index (χ1v) is 8.89. The normalized spacial score (nSPS) is 17.0. The zero-order valence-corrected chi connectivity index (χ0v) is 16.8. The number of benzene rings is 2. The van der Waals surface area contributed by atoms with E-state index in [2.05, 4.69) is 78.7 Å². The Balaban J connectivity index is 0.00000156. The van der Waals surface area contributed by atoms with Crippen LogP contribution in [-0.2, 0) is 0 Å². The summed E-state index contributed by atoms with van der Waals surface area (Å²) in [6.45, 7) is 9.20. The van der Waals surface area contributed by atoms with Crippen molar-refractivity contribution in [2.75, 3.05) is 26.2 Å². The molecule has 1 heterocycles. The molecule has 0 radical (unpaired) electrons. The lowest BCUT2D eigenvalue weighted by molar-refractivity contribution is 0.128. The number of hydrogen-bond acceptors (Lipinski definition) is 2. The summed E-state index contributed by atoms with van der Waals surface area (Å²) in [5.74, 6) is 0.677. The molecule has 1 fully saturated rings. The van der Waals surface area contributed by atoms with Crippen molar-refractivity contribution in [3.63, 3.8) is 0 Å². The third-order valence-corrected chi connectivity index (χ3v) is 5.09. The molecule has 2 nitrogen and oxygen atoms in total. The first-order chi connectivity index (χ1) is 11.3. The summed E-state index contributed by atoms with van der Waals surface area (Å²) in [7, 11) is 0. The van der Waals surface area contributed by atoms with E-state index in [-0.39, 0.29) is 24.8 Å². The Hall–Kier alpha value is -1.06. The molecule has 0 amide bonds. The fraction of sp³-hybridized carbons (Fsp3) is 0.429. The molecule has 0 aromatic heterocycles. The third kappa shape index (κ3) is 5.46. The number of nitrogens with zero attached hydrogens (tertiary/aromatic N) is 1. The van der Waals surface area contributed by atoms with Crippen molar-refractivity contribution in [3.05, 3.63) is 60.2 Å². The van der Waals surface area contributed by atoms with Crippen LogP contribution < -0.4 is 5.32 Å². The summed E-state index contributed by atoms with van der Waals surface area (Å²) in [4.78, 5) is 2.65. The second-order valence-corrected chi connectivity index (χ2v) is 6.60. The molecule has 1 saturated heterocycles. The van der Waals surface area contributed by atoms with E-state index in [0.717, 1.165) is 26.2 Å². The van der Waals surface area contributed by atoms with Crippen molar-refractivity contribution in [2.24, 2.45) is 5.92 Å². The molecule has 2 aromatic rings. The Morgan fingerprint density at radius 3 is 2.00 bits per heavy atom. The molecule has 2 atom stereocenters. The molecule has 2 aromatic carbocycles. The minimum Gasteiger partial charge on any atom is -0.314 e. The third-order valence-electron chi connectivity index (χ3n) is 5.09. The van der Waals surface area contributed by atoms with Gasteiger partial charge in [0.05, 0.1) is 0 Å². The Kier molecular flexibility index (Phi) is 9.52. The van der Waals surface area contributed by atoms with E-state index in [1.165, 1.54) is 23.1 Å². The van der Waals surface area contributed by atoms with E-state index >= 15 is 0 Å². The zero-order valence-electron chi connectivity index (χ0n) is 15.2. The SMILES string of the molecule is CCC(C)[C@H](c1ccc(-c2ccccc2)cc1)N1CCNCC1.Cl.Cl. The summed E-state index contributed by atoms with van der Waals surface area (Å²) in [5.41, 5.74) is 4.06. The van der Waals surface area contributed by atoms with Crippen LogP contribution >= 0.6 is 24.8 Å². The Morgan fingerprint density at radius 1 is 0.880 bits per heavy atom. The number of nitrogens with one attached hydrogen (secondary N) is 1. The van der Waals surface area contributed by atoms with Crippen molar-refractivity contribution in [1.29, 1.82) is 0 Å². The summed E-state index contributed by atoms with van der Waals surface area (Å²) in [5, 5.41) is 3.47. The van der Waals surface area contributed by atoms with E-state index in [9.17, 15) is 0 Å². The first kappa shape index (κ1) is 22.0. The standard InChI is InChI=1S/C21H28N2.2ClH/c1-3-17(2)21(23-15-13-22-14-16-23)20-11-9-19(10-12-20)18-7-5-4-6-8-18;;/h4-12,17,21-22H,3,13-16H2,1-2H3;2*1H/t17?,21-;;/m1../s1. The molecule has 0 bridgehead atoms. The summed E-state index contributed by atoms with van der Waals surface area (Å²) < 4.78 is 0. The maximum Gasteiger partial charge on any atom is 0.0374 e. The maximum atomic E-state index is 3.47. The second-order valence-electron chi connectivity index (χ2n) is 6.60. The van der Waals surface area contributed by atoms with Gasteiger partial charge in [0.1, 0.15) is 0 Å². The Labute approximate surface area is 164 Å². The molecule has 4 heteroatoms. The van der Waals surface area contributed by atoms with Crippen LogP contribution in [0.15, 0.2) is 54.6 Å². The van der Waals surface area contributed by atoms with Gasteiger partial charge in [0, 0.05) is 32.2 Å². The van der Waals surface area contributed by atoms with E-state index in [4.69, 9.17) is 0 Å². The van der Waals surface area contributed by atoms with Crippen LogP contribution in [0.1, 0.15) is 31.9 Å². The predicted molar refractivity (Wildman–Crippen MR) is 113 cm³/mol. The summed E-state index contributed by atoms with van der Waals surface area (Å²) in [6, 6.07) is 20.4. The fourth-order valence-corrected chi connectivity index (χ4v) is 3.59. The van der Waals surface area contributed by atoms with Crippen LogP contribution in [0.2, 0.25) is 0 Å². The lowest BCUT2D eigenvalue weighted by Crippen LogP contribution is -2.46. The highest BCUT2D eigenvalue weighted by atomic mass is 35.5. The number of piperazine rings is 1. The molecule has 3 rings (SSSR count). The minimum atomic E-state index is 0. The quantitative estimate of drug-likeness (QED) is 0.767. The van der Waals surface area contributed by atoms with Crippen LogP contribution in [0.25, 0.3) is 11.1 Å². The van der Waals surface area contributed by atoms with Gasteiger partial charge in [-0.15, -0.1) is 24.8 Å². The average molecular weight is 381 g/mol. The molecule has 138 valence electrons. The van der Waals surface area contributed by atoms with Gasteiger partial charge in [-0.3, -0.25) is 4.90 Å². The second kappa shape index (κ2) is 10.8. The average Bonchev–Trinajstić information content (AvgIpc) is 2.64. The van der Waals surface area contributed by atoms with Crippen molar-refractivity contribution in [2.45, 2.75) is 26.3 Å². The smallest absolute Gasteiger partial charge is 0.0374 e. The maximum absolute atomic E-state index is 3.47. The monoisotopic (exact) mass is 380 g/mol. The van der Waals surface area contributed by atoms with E-state index in [1.807, 2.05) is 0 Å². The number of rotatable bonds is 5. The van der Waals surface area contributed by atoms with Crippen LogP contribution in [0, 0.1) is 5.92 Å². The highest BCUT2D eigenvalue weighted by molar-refractivity contribution is 5.85. The van der Waals surface area contributed by atoms with Crippen LogP contribution in [0.4, 0.5) is 0 Å². The van der Waals surface area contributed by atoms with Gasteiger partial charge >= 0.3 is 0 Å². The summed E-state index contributed by atoms with van der Waals surface area (Å²) >= 11 is 0. The van der Waals surface area contributed by atoms with Gasteiger partial charge in [-0.25, -0.2) is 0 Å². The predicted octanol–water partition coefficient (Wildman–Crippen LogP) is 5.19. The zero-order chi connectivity index (χ0) is 16.1. The van der Waals surface area contributed by atoms with Crippen LogP contribution in [-0.4, -0.2) is 31.1 Å². The van der Waals surface area contributed by atoms with Crippen LogP contribution in [0.3, 0.4) is 0 Å². The molecule has 0 saturated carbocycles. The van der Waals surface area contributed by atoms with E-state index < -0.39 is 0 Å².